The molecule has 1 fully saturated rings. The molecule has 1 aliphatic rings. The van der Waals surface area contributed by atoms with Crippen LogP contribution in [0.5, 0.6) is 0 Å². The molecule has 0 saturated heterocycles. The van der Waals surface area contributed by atoms with Crippen LogP contribution in [0, 0.1) is 17.2 Å². The Labute approximate surface area is 121 Å². The van der Waals surface area contributed by atoms with Crippen molar-refractivity contribution >= 4 is 5.91 Å². The first-order chi connectivity index (χ1) is 9.69. The zero-order valence-corrected chi connectivity index (χ0v) is 12.1. The predicted octanol–water partition coefficient (Wildman–Crippen LogP) is 3.49. The molecule has 0 aliphatic heterocycles. The van der Waals surface area contributed by atoms with E-state index >= 15 is 0 Å². The lowest BCUT2D eigenvalue weighted by atomic mass is 9.86. The zero-order chi connectivity index (χ0) is 14.4. The number of nitrogens with zero attached hydrogens (tertiary/aromatic N) is 2. The molecule has 3 heteroatoms. The van der Waals surface area contributed by atoms with Gasteiger partial charge in [0, 0.05) is 20.0 Å². The van der Waals surface area contributed by atoms with Crippen molar-refractivity contribution in [1.82, 2.24) is 4.90 Å². The van der Waals surface area contributed by atoms with Gasteiger partial charge < -0.3 is 4.90 Å². The Hall–Kier alpha value is -1.82. The Balaban J connectivity index is 1.84. The van der Waals surface area contributed by atoms with Gasteiger partial charge in [0.25, 0.3) is 0 Å². The van der Waals surface area contributed by atoms with Gasteiger partial charge in [-0.05, 0) is 36.5 Å². The highest BCUT2D eigenvalue weighted by atomic mass is 16.2. The van der Waals surface area contributed by atoms with E-state index in [0.717, 1.165) is 5.56 Å². The predicted molar refractivity (Wildman–Crippen MR) is 78.8 cm³/mol. The summed E-state index contributed by atoms with van der Waals surface area (Å²) in [7, 11) is 1.86. The minimum atomic E-state index is 0.237. The van der Waals surface area contributed by atoms with Crippen LogP contribution in [0.2, 0.25) is 0 Å². The largest absolute Gasteiger partial charge is 0.341 e. The van der Waals surface area contributed by atoms with Crippen LogP contribution in [0.15, 0.2) is 24.3 Å². The number of carbonyl (C=O) groups is 1. The second kappa shape index (κ2) is 7.09. The van der Waals surface area contributed by atoms with E-state index in [1.807, 2.05) is 19.2 Å². The van der Waals surface area contributed by atoms with Crippen LogP contribution in [0.3, 0.4) is 0 Å². The van der Waals surface area contributed by atoms with Crippen molar-refractivity contribution < 1.29 is 4.79 Å². The van der Waals surface area contributed by atoms with Crippen LogP contribution in [-0.2, 0) is 11.3 Å². The molecule has 2 rings (SSSR count). The Kier molecular flexibility index (Phi) is 5.17. The fourth-order valence-electron chi connectivity index (χ4n) is 2.84. The van der Waals surface area contributed by atoms with Crippen molar-refractivity contribution in [2.75, 3.05) is 7.05 Å². The molecule has 0 radical (unpaired) electrons. The monoisotopic (exact) mass is 270 g/mol. The van der Waals surface area contributed by atoms with Crippen molar-refractivity contribution in [3.8, 4) is 6.07 Å². The summed E-state index contributed by atoms with van der Waals surface area (Å²) >= 11 is 0. The molecule has 20 heavy (non-hydrogen) atoms. The Morgan fingerprint density at radius 2 is 1.90 bits per heavy atom. The molecule has 0 aromatic heterocycles. The van der Waals surface area contributed by atoms with E-state index in [2.05, 4.69) is 6.07 Å². The molecule has 1 aromatic rings. The van der Waals surface area contributed by atoms with Gasteiger partial charge in [-0.1, -0.05) is 31.4 Å². The van der Waals surface area contributed by atoms with Crippen molar-refractivity contribution in [3.05, 3.63) is 35.4 Å². The minimum Gasteiger partial charge on any atom is -0.341 e. The molecular weight excluding hydrogens is 248 g/mol. The fourth-order valence-corrected chi connectivity index (χ4v) is 2.84. The lowest BCUT2D eigenvalue weighted by Crippen LogP contribution is -2.28. The van der Waals surface area contributed by atoms with Gasteiger partial charge in [0.05, 0.1) is 11.6 Å². The summed E-state index contributed by atoms with van der Waals surface area (Å²) < 4.78 is 0. The maximum atomic E-state index is 12.2. The minimum absolute atomic E-state index is 0.237. The lowest BCUT2D eigenvalue weighted by Gasteiger charge is -2.24. The van der Waals surface area contributed by atoms with Gasteiger partial charge in [-0.2, -0.15) is 5.26 Å². The fraction of sp³-hybridized carbons (Fsp3) is 0.529. The number of carbonyl (C=O) groups excluding carboxylic acids is 1. The van der Waals surface area contributed by atoms with Gasteiger partial charge in [0.2, 0.25) is 5.91 Å². The first kappa shape index (κ1) is 14.6. The average molecular weight is 270 g/mol. The van der Waals surface area contributed by atoms with Gasteiger partial charge in [0.15, 0.2) is 0 Å². The maximum Gasteiger partial charge on any atom is 0.222 e. The van der Waals surface area contributed by atoms with E-state index in [4.69, 9.17) is 5.26 Å². The number of rotatable bonds is 4. The van der Waals surface area contributed by atoms with E-state index in [1.165, 1.54) is 32.1 Å². The molecule has 1 aliphatic carbocycles. The number of benzene rings is 1. The highest BCUT2D eigenvalue weighted by molar-refractivity contribution is 5.76. The van der Waals surface area contributed by atoms with Crippen LogP contribution < -0.4 is 0 Å². The summed E-state index contributed by atoms with van der Waals surface area (Å²) in [4.78, 5) is 14.0. The highest BCUT2D eigenvalue weighted by Crippen LogP contribution is 2.26. The Bertz CT molecular complexity index is 481. The number of hydrogen-bond acceptors (Lipinski definition) is 2. The number of amides is 1. The van der Waals surface area contributed by atoms with Crippen LogP contribution in [0.25, 0.3) is 0 Å². The third kappa shape index (κ3) is 4.09. The standard InChI is InChI=1S/C17H22N2O/c1-19(13-16-9-7-15(12-18)8-10-16)17(20)11-14-5-3-2-4-6-14/h7-10,14H,2-6,11,13H2,1H3. The molecule has 3 nitrogen and oxygen atoms in total. The molecule has 1 amide bonds. The second-order valence-corrected chi connectivity index (χ2v) is 5.77. The SMILES string of the molecule is CN(Cc1ccc(C#N)cc1)C(=O)CC1CCCCC1. The van der Waals surface area contributed by atoms with Crippen molar-refractivity contribution in [1.29, 1.82) is 5.26 Å². The maximum absolute atomic E-state index is 12.2. The van der Waals surface area contributed by atoms with Gasteiger partial charge in [-0.25, -0.2) is 0 Å². The van der Waals surface area contributed by atoms with E-state index in [9.17, 15) is 4.79 Å². The third-order valence-corrected chi connectivity index (χ3v) is 4.12. The summed E-state index contributed by atoms with van der Waals surface area (Å²) in [6.45, 7) is 0.622. The first-order valence-corrected chi connectivity index (χ1v) is 7.42. The third-order valence-electron chi connectivity index (χ3n) is 4.12. The van der Waals surface area contributed by atoms with Gasteiger partial charge in [-0.15, -0.1) is 0 Å². The molecule has 0 unspecified atom stereocenters. The van der Waals surface area contributed by atoms with E-state index in [-0.39, 0.29) is 5.91 Å². The van der Waals surface area contributed by atoms with Crippen LogP contribution in [0.1, 0.15) is 49.7 Å². The zero-order valence-electron chi connectivity index (χ0n) is 12.1. The van der Waals surface area contributed by atoms with Crippen molar-refractivity contribution in [2.45, 2.75) is 45.1 Å². The Morgan fingerprint density at radius 3 is 2.50 bits per heavy atom. The second-order valence-electron chi connectivity index (χ2n) is 5.77. The smallest absolute Gasteiger partial charge is 0.222 e. The van der Waals surface area contributed by atoms with E-state index in [0.29, 0.717) is 24.4 Å². The van der Waals surface area contributed by atoms with Crippen LogP contribution >= 0.6 is 0 Å². The Morgan fingerprint density at radius 1 is 1.25 bits per heavy atom. The molecular formula is C17H22N2O. The normalized spacial score (nSPS) is 15.6. The van der Waals surface area contributed by atoms with Crippen LogP contribution in [-0.4, -0.2) is 17.9 Å². The summed E-state index contributed by atoms with van der Waals surface area (Å²) in [5, 5.41) is 8.77. The molecule has 0 bridgehead atoms. The molecule has 1 saturated carbocycles. The van der Waals surface area contributed by atoms with Gasteiger partial charge >= 0.3 is 0 Å². The lowest BCUT2D eigenvalue weighted by molar-refractivity contribution is -0.131. The summed E-state index contributed by atoms with van der Waals surface area (Å²) in [5.74, 6) is 0.820. The first-order valence-electron chi connectivity index (χ1n) is 7.42. The van der Waals surface area contributed by atoms with Gasteiger partial charge in [-0.3, -0.25) is 4.79 Å². The van der Waals surface area contributed by atoms with Crippen LogP contribution in [0.4, 0.5) is 0 Å². The molecule has 0 heterocycles. The molecule has 0 spiro atoms. The molecule has 0 atom stereocenters. The van der Waals surface area contributed by atoms with E-state index < -0.39 is 0 Å². The number of hydrogen-bond donors (Lipinski definition) is 0. The summed E-state index contributed by atoms with van der Waals surface area (Å²) in [6, 6.07) is 9.54. The molecule has 106 valence electrons. The van der Waals surface area contributed by atoms with Crippen molar-refractivity contribution in [3.63, 3.8) is 0 Å². The van der Waals surface area contributed by atoms with Gasteiger partial charge in [0.1, 0.15) is 0 Å². The molecule has 0 N–H and O–H groups in total. The quantitative estimate of drug-likeness (QED) is 0.840. The summed E-state index contributed by atoms with van der Waals surface area (Å²) in [6.07, 6.45) is 6.97. The number of nitriles is 1. The van der Waals surface area contributed by atoms with E-state index in [1.54, 1.807) is 17.0 Å². The molecule has 1 aromatic carbocycles. The highest BCUT2D eigenvalue weighted by Gasteiger charge is 2.19. The summed E-state index contributed by atoms with van der Waals surface area (Å²) in [5.41, 5.74) is 1.73. The van der Waals surface area contributed by atoms with Crippen molar-refractivity contribution in [2.24, 2.45) is 5.92 Å². The average Bonchev–Trinajstić information content (AvgIpc) is 2.49. The topological polar surface area (TPSA) is 44.1 Å².